The predicted molar refractivity (Wildman–Crippen MR) is 37.9 cm³/mol. The van der Waals surface area contributed by atoms with Crippen LogP contribution in [-0.4, -0.2) is 14.5 Å². The monoisotopic (exact) mass is 172 g/mol. The zero-order chi connectivity index (χ0) is 7.28. The smallest absolute Gasteiger partial charge is 0.772 e. The van der Waals surface area contributed by atoms with Crippen LogP contribution < -0.4 is 29.6 Å². The maximum absolute atomic E-state index is 9.98. The Morgan fingerprint density at radius 2 is 2.00 bits per heavy atom. The summed E-state index contributed by atoms with van der Waals surface area (Å²) in [7, 11) is 0. The molecule has 0 aliphatic heterocycles. The predicted octanol–water partition coefficient (Wildman–Crippen LogP) is -1.69. The standard InChI is InChI=1S/C6H14O2S.Na/c1-6(2)4-3-5-9(7)8;/h6H,3-5H2,1-2H3,(H,7,8);/q;+1/p-1. The van der Waals surface area contributed by atoms with E-state index in [1.807, 2.05) is 0 Å². The van der Waals surface area contributed by atoms with Crippen molar-refractivity contribution in [1.82, 2.24) is 0 Å². The maximum Gasteiger partial charge on any atom is 1.00 e. The average Bonchev–Trinajstić information content (AvgIpc) is 1.63. The van der Waals surface area contributed by atoms with Crippen molar-refractivity contribution < 1.29 is 38.3 Å². The van der Waals surface area contributed by atoms with Gasteiger partial charge in [0.05, 0.1) is 0 Å². The number of rotatable bonds is 4. The first-order chi connectivity index (χ1) is 4.13. The molecular weight excluding hydrogens is 159 g/mol. The van der Waals surface area contributed by atoms with Crippen molar-refractivity contribution in [3.8, 4) is 0 Å². The van der Waals surface area contributed by atoms with Crippen LogP contribution in [0, 0.1) is 5.92 Å². The van der Waals surface area contributed by atoms with Crippen LogP contribution in [0.2, 0.25) is 0 Å². The average molecular weight is 172 g/mol. The van der Waals surface area contributed by atoms with E-state index in [0.29, 0.717) is 11.7 Å². The summed E-state index contributed by atoms with van der Waals surface area (Å²) in [5.74, 6) is 0.937. The Bertz CT molecular complexity index is 95.7. The van der Waals surface area contributed by atoms with Crippen LogP contribution in [0.4, 0.5) is 0 Å². The van der Waals surface area contributed by atoms with Crippen LogP contribution in [-0.2, 0) is 11.1 Å². The van der Waals surface area contributed by atoms with E-state index in [2.05, 4.69) is 13.8 Å². The van der Waals surface area contributed by atoms with Gasteiger partial charge in [-0.2, -0.15) is 0 Å². The molecule has 2 nitrogen and oxygen atoms in total. The fourth-order valence-electron chi connectivity index (χ4n) is 0.609. The second kappa shape index (κ2) is 8.21. The van der Waals surface area contributed by atoms with Crippen molar-refractivity contribution in [2.45, 2.75) is 26.7 Å². The molecule has 0 heterocycles. The fourth-order valence-corrected chi connectivity index (χ4v) is 1.01. The third-order valence-corrected chi connectivity index (χ3v) is 1.71. The number of hydrogen-bond donors (Lipinski definition) is 0. The fraction of sp³-hybridized carbons (Fsp3) is 1.00. The summed E-state index contributed by atoms with van der Waals surface area (Å²) >= 11 is -1.83. The molecule has 0 saturated carbocycles. The van der Waals surface area contributed by atoms with Gasteiger partial charge in [-0.1, -0.05) is 31.3 Å². The largest absolute Gasteiger partial charge is 1.00 e. The van der Waals surface area contributed by atoms with Crippen molar-refractivity contribution in [2.75, 3.05) is 5.75 Å². The van der Waals surface area contributed by atoms with Crippen LogP contribution >= 0.6 is 0 Å². The van der Waals surface area contributed by atoms with E-state index >= 15 is 0 Å². The molecule has 0 aromatic heterocycles. The number of hydrogen-bond acceptors (Lipinski definition) is 2. The molecule has 10 heavy (non-hydrogen) atoms. The third-order valence-electron chi connectivity index (χ3n) is 1.09. The molecule has 0 N–H and O–H groups in total. The summed E-state index contributed by atoms with van der Waals surface area (Å²) in [6.07, 6.45) is 1.81. The van der Waals surface area contributed by atoms with E-state index < -0.39 is 11.1 Å². The van der Waals surface area contributed by atoms with Crippen molar-refractivity contribution in [3.63, 3.8) is 0 Å². The summed E-state index contributed by atoms with van der Waals surface area (Å²) in [5.41, 5.74) is 0. The molecule has 1 unspecified atom stereocenters. The minimum absolute atomic E-state index is 0. The molecule has 0 spiro atoms. The Labute approximate surface area is 87.4 Å². The van der Waals surface area contributed by atoms with Gasteiger partial charge in [0.2, 0.25) is 0 Å². The van der Waals surface area contributed by atoms with Gasteiger partial charge in [-0.05, 0) is 12.3 Å². The Balaban J connectivity index is 0. The summed E-state index contributed by atoms with van der Waals surface area (Å²) < 4.78 is 20.0. The molecule has 0 rings (SSSR count). The molecule has 1 atom stereocenters. The van der Waals surface area contributed by atoms with Crippen LogP contribution in [0.5, 0.6) is 0 Å². The quantitative estimate of drug-likeness (QED) is 0.375. The second-order valence-electron chi connectivity index (χ2n) is 2.54. The minimum atomic E-state index is -1.83. The summed E-state index contributed by atoms with van der Waals surface area (Å²) in [6, 6.07) is 0. The second-order valence-corrected chi connectivity index (χ2v) is 3.56. The van der Waals surface area contributed by atoms with Crippen molar-refractivity contribution in [2.24, 2.45) is 5.92 Å². The first-order valence-corrected chi connectivity index (χ1v) is 4.43. The van der Waals surface area contributed by atoms with Gasteiger partial charge in [-0.25, -0.2) is 0 Å². The molecule has 0 saturated heterocycles. The molecule has 0 bridgehead atoms. The molecule has 56 valence electrons. The van der Waals surface area contributed by atoms with E-state index in [4.69, 9.17) is 0 Å². The summed E-state index contributed by atoms with van der Waals surface area (Å²) in [5, 5.41) is 0. The van der Waals surface area contributed by atoms with Crippen LogP contribution in [0.1, 0.15) is 26.7 Å². The molecule has 0 aromatic rings. The van der Waals surface area contributed by atoms with Gasteiger partial charge in [-0.15, -0.1) is 0 Å². The van der Waals surface area contributed by atoms with E-state index in [0.717, 1.165) is 12.8 Å². The van der Waals surface area contributed by atoms with Gasteiger partial charge in [0, 0.05) is 5.75 Å². The van der Waals surface area contributed by atoms with Crippen molar-refractivity contribution in [1.29, 1.82) is 0 Å². The molecule has 4 heteroatoms. The molecule has 0 aliphatic carbocycles. The summed E-state index contributed by atoms with van der Waals surface area (Å²) in [6.45, 7) is 4.18. The van der Waals surface area contributed by atoms with Crippen LogP contribution in [0.25, 0.3) is 0 Å². The Morgan fingerprint density at radius 1 is 1.50 bits per heavy atom. The van der Waals surface area contributed by atoms with Gasteiger partial charge >= 0.3 is 29.6 Å². The molecule has 0 aliphatic rings. The van der Waals surface area contributed by atoms with E-state index in [1.54, 1.807) is 0 Å². The molecule has 0 fully saturated rings. The maximum atomic E-state index is 9.98. The summed E-state index contributed by atoms with van der Waals surface area (Å²) in [4.78, 5) is 0. The van der Waals surface area contributed by atoms with Gasteiger partial charge < -0.3 is 4.55 Å². The SMILES string of the molecule is CC(C)CCCS(=O)[O-].[Na+]. The Kier molecular flexibility index (Phi) is 11.2. The van der Waals surface area contributed by atoms with Crippen molar-refractivity contribution in [3.05, 3.63) is 0 Å². The molecule has 0 radical (unpaired) electrons. The zero-order valence-corrected chi connectivity index (χ0v) is 9.74. The van der Waals surface area contributed by atoms with Gasteiger partial charge in [0.25, 0.3) is 0 Å². The van der Waals surface area contributed by atoms with Crippen LogP contribution in [0.15, 0.2) is 0 Å². The molecular formula is C6H13NaO2S. The van der Waals surface area contributed by atoms with Crippen LogP contribution in [0.3, 0.4) is 0 Å². The Hall–Kier alpha value is 1.11. The van der Waals surface area contributed by atoms with Crippen molar-refractivity contribution >= 4 is 11.1 Å². The molecule has 0 aromatic carbocycles. The van der Waals surface area contributed by atoms with Gasteiger partial charge in [-0.3, -0.25) is 4.21 Å². The zero-order valence-electron chi connectivity index (χ0n) is 6.92. The van der Waals surface area contributed by atoms with Gasteiger partial charge in [0.15, 0.2) is 0 Å². The van der Waals surface area contributed by atoms with E-state index in [9.17, 15) is 8.76 Å². The topological polar surface area (TPSA) is 40.1 Å². The Morgan fingerprint density at radius 3 is 2.30 bits per heavy atom. The minimum Gasteiger partial charge on any atom is -0.772 e. The first kappa shape index (κ1) is 13.7. The van der Waals surface area contributed by atoms with E-state index in [-0.39, 0.29) is 29.6 Å². The van der Waals surface area contributed by atoms with E-state index in [1.165, 1.54) is 0 Å². The third kappa shape index (κ3) is 11.9. The first-order valence-electron chi connectivity index (χ1n) is 3.18. The normalized spacial score (nSPS) is 12.8. The molecule has 0 amide bonds. The van der Waals surface area contributed by atoms with Gasteiger partial charge in [0.1, 0.15) is 0 Å².